The first-order valence-electron chi connectivity index (χ1n) is 10.9. The molecule has 4 aromatic heterocycles. The maximum Gasteiger partial charge on any atom is 0.278 e. The van der Waals surface area contributed by atoms with E-state index in [0.29, 0.717) is 28.6 Å². The first-order chi connectivity index (χ1) is 17.1. The number of furan rings is 1. The highest BCUT2D eigenvalue weighted by Crippen LogP contribution is 2.32. The Bertz CT molecular complexity index is 1660. The average Bonchev–Trinajstić information content (AvgIpc) is 3.56. The third-order valence-electron chi connectivity index (χ3n) is 5.89. The number of ether oxygens (including phenoxy) is 2. The lowest BCUT2D eigenvalue weighted by Crippen LogP contribution is -2.43. The predicted octanol–water partition coefficient (Wildman–Crippen LogP) is 2.02. The van der Waals surface area contributed by atoms with Crippen molar-refractivity contribution in [2.75, 3.05) is 12.5 Å². The van der Waals surface area contributed by atoms with Crippen LogP contribution >= 0.6 is 0 Å². The van der Waals surface area contributed by atoms with Crippen molar-refractivity contribution in [1.29, 1.82) is 0 Å². The number of carbonyl (C=O) groups excluding carboxylic acids is 1. The second-order valence-electron chi connectivity index (χ2n) is 8.06. The van der Waals surface area contributed by atoms with Gasteiger partial charge in [-0.05, 0) is 48.0 Å². The second kappa shape index (κ2) is 8.17. The van der Waals surface area contributed by atoms with Gasteiger partial charge < -0.3 is 24.9 Å². The highest BCUT2D eigenvalue weighted by molar-refractivity contribution is 6.00. The van der Waals surface area contributed by atoms with Crippen LogP contribution in [0.25, 0.3) is 16.7 Å². The van der Waals surface area contributed by atoms with Crippen LogP contribution in [-0.2, 0) is 13.1 Å². The van der Waals surface area contributed by atoms with Gasteiger partial charge in [0.2, 0.25) is 18.3 Å². The van der Waals surface area contributed by atoms with Crippen LogP contribution in [0.4, 0.5) is 5.82 Å². The normalized spacial score (nSPS) is 12.3. The number of nitrogen functional groups attached to an aromatic ring is 1. The third-order valence-corrected chi connectivity index (χ3v) is 5.89. The lowest BCUT2D eigenvalue weighted by atomic mass is 10.1. The minimum absolute atomic E-state index is 0.166. The van der Waals surface area contributed by atoms with E-state index < -0.39 is 5.91 Å². The summed E-state index contributed by atoms with van der Waals surface area (Å²) in [6, 6.07) is 15.8. The number of hydrogen-bond acceptors (Lipinski definition) is 7. The number of amides is 1. The maximum atomic E-state index is 13.3. The zero-order valence-electron chi connectivity index (χ0n) is 18.4. The molecule has 0 spiro atoms. The molecular formula is C25H20N5O5+. The van der Waals surface area contributed by atoms with Gasteiger partial charge in [0.25, 0.3) is 17.1 Å². The molecule has 1 aliphatic heterocycles. The first kappa shape index (κ1) is 20.7. The van der Waals surface area contributed by atoms with Crippen LogP contribution < -0.4 is 30.7 Å². The number of anilines is 1. The van der Waals surface area contributed by atoms with E-state index in [-0.39, 0.29) is 42.2 Å². The zero-order valence-corrected chi connectivity index (χ0v) is 18.4. The number of carbonyl (C=O) groups is 1. The van der Waals surface area contributed by atoms with Crippen molar-refractivity contribution >= 4 is 28.4 Å². The van der Waals surface area contributed by atoms with Crippen molar-refractivity contribution in [3.63, 3.8) is 0 Å². The molecule has 1 aliphatic rings. The number of rotatable bonds is 5. The van der Waals surface area contributed by atoms with Crippen molar-refractivity contribution in [3.8, 4) is 11.5 Å². The Labute approximate surface area is 198 Å². The SMILES string of the molecule is Nc1c(C(=O)NCc2ccc3c(c2)OCO3)cc2c(=O)n3ccccc3nc2[n+]1Cc1ccco1. The maximum absolute atomic E-state index is 13.3. The highest BCUT2D eigenvalue weighted by Gasteiger charge is 2.25. The molecular weight excluding hydrogens is 450 g/mol. The molecule has 0 radical (unpaired) electrons. The molecule has 0 saturated heterocycles. The van der Waals surface area contributed by atoms with Crippen LogP contribution in [0.15, 0.2) is 76.3 Å². The molecule has 1 amide bonds. The molecule has 0 saturated carbocycles. The van der Waals surface area contributed by atoms with E-state index in [2.05, 4.69) is 10.3 Å². The van der Waals surface area contributed by atoms with Crippen molar-refractivity contribution in [2.24, 2.45) is 0 Å². The van der Waals surface area contributed by atoms with Crippen molar-refractivity contribution in [3.05, 3.63) is 94.3 Å². The Morgan fingerprint density at radius 1 is 1.11 bits per heavy atom. The van der Waals surface area contributed by atoms with Crippen molar-refractivity contribution in [1.82, 2.24) is 14.7 Å². The van der Waals surface area contributed by atoms with E-state index >= 15 is 0 Å². The fourth-order valence-corrected chi connectivity index (χ4v) is 4.13. The number of aromatic nitrogens is 3. The zero-order chi connectivity index (χ0) is 23.9. The summed E-state index contributed by atoms with van der Waals surface area (Å²) in [5.74, 6) is 1.65. The van der Waals surface area contributed by atoms with Gasteiger partial charge in [0.15, 0.2) is 11.5 Å². The van der Waals surface area contributed by atoms with Crippen LogP contribution in [0.2, 0.25) is 0 Å². The molecule has 10 nitrogen and oxygen atoms in total. The van der Waals surface area contributed by atoms with Gasteiger partial charge in [-0.25, -0.2) is 4.57 Å². The lowest BCUT2D eigenvalue weighted by molar-refractivity contribution is -0.651. The van der Waals surface area contributed by atoms with Crippen LogP contribution in [-0.4, -0.2) is 22.1 Å². The second-order valence-corrected chi connectivity index (χ2v) is 8.06. The predicted molar refractivity (Wildman–Crippen MR) is 125 cm³/mol. The Morgan fingerprint density at radius 2 is 2.00 bits per heavy atom. The molecule has 5 aromatic rings. The Kier molecular flexibility index (Phi) is 4.84. The summed E-state index contributed by atoms with van der Waals surface area (Å²) in [6.45, 7) is 0.612. The number of nitrogens with one attached hydrogen (secondary N) is 1. The van der Waals surface area contributed by atoms with Crippen LogP contribution in [0.3, 0.4) is 0 Å². The summed E-state index contributed by atoms with van der Waals surface area (Å²) >= 11 is 0. The van der Waals surface area contributed by atoms with Crippen LogP contribution in [0.5, 0.6) is 11.5 Å². The number of hydrogen-bond donors (Lipinski definition) is 2. The van der Waals surface area contributed by atoms with Crippen LogP contribution in [0, 0.1) is 0 Å². The summed E-state index contributed by atoms with van der Waals surface area (Å²) in [6.07, 6.45) is 3.19. The van der Waals surface area contributed by atoms with E-state index in [4.69, 9.17) is 19.6 Å². The first-order valence-corrected chi connectivity index (χ1v) is 10.9. The van der Waals surface area contributed by atoms with E-state index in [0.717, 1.165) is 5.56 Å². The largest absolute Gasteiger partial charge is 0.466 e. The number of benzene rings is 1. The quantitative estimate of drug-likeness (QED) is 0.297. The van der Waals surface area contributed by atoms with Gasteiger partial charge in [0.05, 0.1) is 6.26 Å². The average molecular weight is 470 g/mol. The summed E-state index contributed by atoms with van der Waals surface area (Å²) in [5.41, 5.74) is 8.01. The fraction of sp³-hybridized carbons (Fsp3) is 0.120. The van der Waals surface area contributed by atoms with Gasteiger partial charge in [-0.1, -0.05) is 17.1 Å². The lowest BCUT2D eigenvalue weighted by Gasteiger charge is -2.12. The molecule has 0 aliphatic carbocycles. The summed E-state index contributed by atoms with van der Waals surface area (Å²) in [7, 11) is 0. The molecule has 10 heteroatoms. The molecule has 174 valence electrons. The molecule has 5 heterocycles. The van der Waals surface area contributed by atoms with Crippen LogP contribution in [0.1, 0.15) is 21.7 Å². The van der Waals surface area contributed by atoms with E-state index in [1.165, 1.54) is 10.5 Å². The van der Waals surface area contributed by atoms with E-state index in [1.807, 2.05) is 12.1 Å². The number of nitrogens with zero attached hydrogens (tertiary/aromatic N) is 3. The minimum atomic E-state index is -0.423. The number of pyridine rings is 2. The van der Waals surface area contributed by atoms with Gasteiger partial charge in [-0.2, -0.15) is 0 Å². The van der Waals surface area contributed by atoms with Gasteiger partial charge >= 0.3 is 0 Å². The van der Waals surface area contributed by atoms with E-state index in [1.54, 1.807) is 53.4 Å². The summed E-state index contributed by atoms with van der Waals surface area (Å²) in [5, 5.41) is 3.14. The molecule has 1 aromatic carbocycles. The Balaban J connectivity index is 1.43. The molecule has 0 unspecified atom stereocenters. The summed E-state index contributed by atoms with van der Waals surface area (Å²) in [4.78, 5) is 31.2. The molecule has 0 fully saturated rings. The molecule has 6 rings (SSSR count). The molecule has 35 heavy (non-hydrogen) atoms. The minimum Gasteiger partial charge on any atom is -0.466 e. The monoisotopic (exact) mass is 470 g/mol. The topological polar surface area (TPSA) is 125 Å². The summed E-state index contributed by atoms with van der Waals surface area (Å²) < 4.78 is 19.3. The Morgan fingerprint density at radius 3 is 2.86 bits per heavy atom. The molecule has 3 N–H and O–H groups in total. The smallest absolute Gasteiger partial charge is 0.278 e. The Hall–Kier alpha value is -4.86. The van der Waals surface area contributed by atoms with Gasteiger partial charge in [0, 0.05) is 12.7 Å². The molecule has 0 bridgehead atoms. The number of fused-ring (bicyclic) bond motifs is 3. The van der Waals surface area contributed by atoms with Crippen molar-refractivity contribution in [2.45, 2.75) is 13.1 Å². The highest BCUT2D eigenvalue weighted by atomic mass is 16.7. The third kappa shape index (κ3) is 3.61. The standard InChI is InChI=1S/C25H19N5O5/c26-22-17(24(31)27-12-15-6-7-19-20(10-15)35-14-34-19)11-18-23(30(22)13-16-4-3-9-33-16)28-21-5-1-2-8-29(21)25(18)32/h1-11,26H,12-14H2,(H,27,31)/p+1. The van der Waals surface area contributed by atoms with Gasteiger partial charge in [-0.3, -0.25) is 14.0 Å². The molecule has 0 atom stereocenters. The number of nitrogens with two attached hydrogens (primary N) is 1. The van der Waals surface area contributed by atoms with Gasteiger partial charge in [-0.15, -0.1) is 0 Å². The van der Waals surface area contributed by atoms with E-state index in [9.17, 15) is 9.59 Å². The van der Waals surface area contributed by atoms with Crippen molar-refractivity contribution < 1.29 is 23.3 Å². The fourth-order valence-electron chi connectivity index (χ4n) is 4.13. The van der Waals surface area contributed by atoms with Gasteiger partial charge in [0.1, 0.15) is 23.3 Å².